The number of halogens is 3. The van der Waals surface area contributed by atoms with E-state index in [4.69, 9.17) is 9.84 Å². The number of rotatable bonds is 9. The molecule has 11 heteroatoms. The summed E-state index contributed by atoms with van der Waals surface area (Å²) in [6.45, 7) is -0.278. The fourth-order valence-corrected chi connectivity index (χ4v) is 3.75. The zero-order chi connectivity index (χ0) is 19.2. The second-order valence-corrected chi connectivity index (χ2v) is 7.56. The van der Waals surface area contributed by atoms with Crippen molar-refractivity contribution in [3.05, 3.63) is 46.7 Å². The van der Waals surface area contributed by atoms with E-state index in [9.17, 15) is 21.6 Å². The number of benzene rings is 1. The summed E-state index contributed by atoms with van der Waals surface area (Å²) in [6, 6.07) is 5.63. The minimum absolute atomic E-state index is 0.0335. The van der Waals surface area contributed by atoms with E-state index in [-0.39, 0.29) is 24.7 Å². The highest BCUT2D eigenvalue weighted by molar-refractivity contribution is 7.89. The molecule has 2 N–H and O–H groups in total. The SMILES string of the molecule is O=S(=O)(NC[C@@H](OCCO)c1ccsc1)c1ccc(OC(F)(F)F)cc1. The van der Waals surface area contributed by atoms with E-state index < -0.39 is 28.2 Å². The third-order valence-electron chi connectivity index (χ3n) is 3.15. The van der Waals surface area contributed by atoms with Gasteiger partial charge < -0.3 is 14.6 Å². The van der Waals surface area contributed by atoms with Crippen molar-refractivity contribution in [3.63, 3.8) is 0 Å². The summed E-state index contributed by atoms with van der Waals surface area (Å²) in [6.07, 6.45) is -5.45. The molecule has 0 unspecified atom stereocenters. The normalized spacial score (nSPS) is 13.5. The zero-order valence-electron chi connectivity index (χ0n) is 13.3. The van der Waals surface area contributed by atoms with Gasteiger partial charge in [-0.25, -0.2) is 13.1 Å². The monoisotopic (exact) mass is 411 g/mol. The molecule has 144 valence electrons. The van der Waals surface area contributed by atoms with Crippen molar-refractivity contribution in [1.29, 1.82) is 0 Å². The fourth-order valence-electron chi connectivity index (χ4n) is 2.02. The van der Waals surface area contributed by atoms with Crippen LogP contribution in [0.5, 0.6) is 5.75 Å². The van der Waals surface area contributed by atoms with Crippen LogP contribution in [0.1, 0.15) is 11.7 Å². The molecule has 1 aromatic carbocycles. The maximum atomic E-state index is 12.3. The van der Waals surface area contributed by atoms with Gasteiger partial charge in [-0.3, -0.25) is 0 Å². The number of alkyl halides is 3. The lowest BCUT2D eigenvalue weighted by Crippen LogP contribution is -2.30. The second kappa shape index (κ2) is 8.82. The molecule has 0 bridgehead atoms. The number of ether oxygens (including phenoxy) is 2. The highest BCUT2D eigenvalue weighted by Gasteiger charge is 2.31. The Labute approximate surface area is 152 Å². The van der Waals surface area contributed by atoms with Gasteiger partial charge >= 0.3 is 6.36 Å². The Morgan fingerprint density at radius 2 is 1.88 bits per heavy atom. The Morgan fingerprint density at radius 3 is 2.42 bits per heavy atom. The van der Waals surface area contributed by atoms with Crippen LogP contribution >= 0.6 is 11.3 Å². The molecule has 1 heterocycles. The number of hydrogen-bond acceptors (Lipinski definition) is 6. The molecule has 0 radical (unpaired) electrons. The van der Waals surface area contributed by atoms with Crippen molar-refractivity contribution in [2.24, 2.45) is 0 Å². The molecule has 1 aromatic heterocycles. The highest BCUT2D eigenvalue weighted by atomic mass is 32.2. The number of thiophene rings is 1. The van der Waals surface area contributed by atoms with Crippen molar-refractivity contribution in [2.75, 3.05) is 19.8 Å². The molecule has 0 saturated heterocycles. The predicted molar refractivity (Wildman–Crippen MR) is 88.4 cm³/mol. The van der Waals surface area contributed by atoms with Gasteiger partial charge in [-0.2, -0.15) is 11.3 Å². The van der Waals surface area contributed by atoms with Crippen LogP contribution in [0.2, 0.25) is 0 Å². The second-order valence-electron chi connectivity index (χ2n) is 5.01. The molecular weight excluding hydrogens is 395 g/mol. The summed E-state index contributed by atoms with van der Waals surface area (Å²) in [4.78, 5) is -0.210. The van der Waals surface area contributed by atoms with Crippen LogP contribution in [0.4, 0.5) is 13.2 Å². The van der Waals surface area contributed by atoms with E-state index in [1.165, 1.54) is 11.3 Å². The van der Waals surface area contributed by atoms with Crippen LogP contribution in [-0.2, 0) is 14.8 Å². The van der Waals surface area contributed by atoms with Crippen molar-refractivity contribution >= 4 is 21.4 Å². The minimum atomic E-state index is -4.85. The molecule has 0 aliphatic heterocycles. The first-order valence-electron chi connectivity index (χ1n) is 7.31. The lowest BCUT2D eigenvalue weighted by atomic mass is 10.2. The number of sulfonamides is 1. The summed E-state index contributed by atoms with van der Waals surface area (Å²) in [5.41, 5.74) is 0.750. The molecule has 2 aromatic rings. The maximum Gasteiger partial charge on any atom is 0.573 e. The standard InChI is InChI=1S/C15H16F3NO5S2/c16-15(17,18)24-12-1-3-13(4-2-12)26(21,22)19-9-14(23-7-6-20)11-5-8-25-10-11/h1-5,8,10,14,19-20H,6-7,9H2/t14-/m1/s1. The van der Waals surface area contributed by atoms with E-state index in [0.29, 0.717) is 0 Å². The molecule has 0 aliphatic rings. The van der Waals surface area contributed by atoms with Crippen molar-refractivity contribution in [3.8, 4) is 5.75 Å². The largest absolute Gasteiger partial charge is 0.573 e. The Bertz CT molecular complexity index is 777. The van der Waals surface area contributed by atoms with E-state index in [1.54, 1.807) is 16.8 Å². The van der Waals surface area contributed by atoms with Gasteiger partial charge in [0.15, 0.2) is 0 Å². The number of hydrogen-bond donors (Lipinski definition) is 2. The Morgan fingerprint density at radius 1 is 1.19 bits per heavy atom. The van der Waals surface area contributed by atoms with Crippen LogP contribution in [-0.4, -0.2) is 39.6 Å². The number of aliphatic hydroxyl groups excluding tert-OH is 1. The Hall–Kier alpha value is -1.66. The van der Waals surface area contributed by atoms with Gasteiger partial charge in [0.25, 0.3) is 0 Å². The molecule has 0 amide bonds. The lowest BCUT2D eigenvalue weighted by Gasteiger charge is -2.17. The molecule has 0 fully saturated rings. The summed E-state index contributed by atoms with van der Waals surface area (Å²) >= 11 is 1.41. The molecular formula is C15H16F3NO5S2. The summed E-state index contributed by atoms with van der Waals surface area (Å²) in [5.74, 6) is -0.515. The first kappa shape index (κ1) is 20.6. The molecule has 0 saturated carbocycles. The third kappa shape index (κ3) is 6.25. The van der Waals surface area contributed by atoms with Crippen molar-refractivity contribution in [1.82, 2.24) is 4.72 Å². The highest BCUT2D eigenvalue weighted by Crippen LogP contribution is 2.24. The summed E-state index contributed by atoms with van der Waals surface area (Å²) in [5, 5.41) is 12.5. The van der Waals surface area contributed by atoms with E-state index in [2.05, 4.69) is 9.46 Å². The maximum absolute atomic E-state index is 12.3. The lowest BCUT2D eigenvalue weighted by molar-refractivity contribution is -0.274. The van der Waals surface area contributed by atoms with Crippen LogP contribution in [0.15, 0.2) is 46.0 Å². The minimum Gasteiger partial charge on any atom is -0.406 e. The smallest absolute Gasteiger partial charge is 0.406 e. The molecule has 26 heavy (non-hydrogen) atoms. The zero-order valence-corrected chi connectivity index (χ0v) is 14.9. The van der Waals surface area contributed by atoms with Gasteiger partial charge in [0.2, 0.25) is 10.0 Å². The molecule has 1 atom stereocenters. The van der Waals surface area contributed by atoms with Crippen LogP contribution < -0.4 is 9.46 Å². The van der Waals surface area contributed by atoms with E-state index in [1.807, 2.05) is 0 Å². The van der Waals surface area contributed by atoms with Gasteiger partial charge in [-0.15, -0.1) is 13.2 Å². The molecule has 2 rings (SSSR count). The fraction of sp³-hybridized carbons (Fsp3) is 0.333. The van der Waals surface area contributed by atoms with Crippen molar-refractivity contribution in [2.45, 2.75) is 17.4 Å². The average Bonchev–Trinajstić information content (AvgIpc) is 3.08. The topological polar surface area (TPSA) is 84.9 Å². The molecule has 0 spiro atoms. The summed E-state index contributed by atoms with van der Waals surface area (Å²) < 4.78 is 72.5. The third-order valence-corrected chi connectivity index (χ3v) is 5.29. The first-order valence-corrected chi connectivity index (χ1v) is 9.74. The van der Waals surface area contributed by atoms with Gasteiger partial charge in [0, 0.05) is 6.54 Å². The van der Waals surface area contributed by atoms with Gasteiger partial charge in [-0.1, -0.05) is 0 Å². The number of aliphatic hydroxyl groups is 1. The first-order chi connectivity index (χ1) is 12.2. The predicted octanol–water partition coefficient (Wildman–Crippen LogP) is 2.68. The Kier molecular flexibility index (Phi) is 7.01. The van der Waals surface area contributed by atoms with E-state index >= 15 is 0 Å². The average molecular weight is 411 g/mol. The molecule has 0 aliphatic carbocycles. The summed E-state index contributed by atoms with van der Waals surface area (Å²) in [7, 11) is -3.96. The van der Waals surface area contributed by atoms with Crippen molar-refractivity contribution < 1.29 is 36.2 Å². The van der Waals surface area contributed by atoms with Gasteiger partial charge in [-0.05, 0) is 46.7 Å². The quantitative estimate of drug-likeness (QED) is 0.663. The van der Waals surface area contributed by atoms with Crippen LogP contribution in [0.25, 0.3) is 0 Å². The van der Waals surface area contributed by atoms with Gasteiger partial charge in [0.1, 0.15) is 5.75 Å². The van der Waals surface area contributed by atoms with Gasteiger partial charge in [0.05, 0.1) is 24.2 Å². The van der Waals surface area contributed by atoms with Crippen LogP contribution in [0.3, 0.4) is 0 Å². The Balaban J connectivity index is 2.04. The number of nitrogens with one attached hydrogen (secondary N) is 1. The van der Waals surface area contributed by atoms with E-state index in [0.717, 1.165) is 29.8 Å². The van der Waals surface area contributed by atoms with Crippen LogP contribution in [0, 0.1) is 0 Å². The molecule has 6 nitrogen and oxygen atoms in total.